The van der Waals surface area contributed by atoms with Crippen LogP contribution >= 0.6 is 0 Å². The van der Waals surface area contributed by atoms with E-state index in [4.69, 9.17) is 9.57 Å². The van der Waals surface area contributed by atoms with Crippen molar-refractivity contribution in [2.24, 2.45) is 5.16 Å². The van der Waals surface area contributed by atoms with Gasteiger partial charge in [0.15, 0.2) is 0 Å². The Kier molecular flexibility index (Phi) is 1.48. The average molecular weight is 115 g/mol. The molecule has 0 N–H and O–H groups in total. The predicted octanol–water partition coefficient (Wildman–Crippen LogP) is 0.755. The highest BCUT2D eigenvalue weighted by atomic mass is 16.8. The lowest BCUT2D eigenvalue weighted by Crippen LogP contribution is -2.07. The Labute approximate surface area is 48.3 Å². The molecule has 0 spiro atoms. The summed E-state index contributed by atoms with van der Waals surface area (Å²) in [5.41, 5.74) is 0.997. The van der Waals surface area contributed by atoms with E-state index < -0.39 is 0 Å². The molecule has 0 aromatic carbocycles. The van der Waals surface area contributed by atoms with Crippen LogP contribution in [0, 0.1) is 0 Å². The Bertz CT molecular complexity index is 111. The summed E-state index contributed by atoms with van der Waals surface area (Å²) in [6.07, 6.45) is 0.672. The fraction of sp³-hybridized carbons (Fsp3) is 0.800. The van der Waals surface area contributed by atoms with Crippen molar-refractivity contribution >= 4 is 5.71 Å². The van der Waals surface area contributed by atoms with Gasteiger partial charge >= 0.3 is 0 Å². The van der Waals surface area contributed by atoms with E-state index in [1.165, 1.54) is 0 Å². The summed E-state index contributed by atoms with van der Waals surface area (Å²) in [6, 6.07) is 0. The third-order valence-electron chi connectivity index (χ3n) is 1.05. The molecule has 1 aliphatic heterocycles. The molecule has 0 radical (unpaired) electrons. The lowest BCUT2D eigenvalue weighted by molar-refractivity contribution is -0.103. The highest BCUT2D eigenvalue weighted by Crippen LogP contribution is 2.08. The summed E-state index contributed by atoms with van der Waals surface area (Å²) >= 11 is 0. The average Bonchev–Trinajstić information content (AvgIpc) is 2.14. The van der Waals surface area contributed by atoms with Crippen LogP contribution in [0.4, 0.5) is 0 Å². The summed E-state index contributed by atoms with van der Waals surface area (Å²) in [5.74, 6) is 0. The fourth-order valence-corrected chi connectivity index (χ4v) is 0.591. The Morgan fingerprint density at radius 3 is 2.88 bits per heavy atom. The van der Waals surface area contributed by atoms with Gasteiger partial charge in [-0.3, -0.25) is 0 Å². The lowest BCUT2D eigenvalue weighted by atomic mass is 10.3. The van der Waals surface area contributed by atoms with E-state index in [-0.39, 0.29) is 6.29 Å². The monoisotopic (exact) mass is 115 g/mol. The second kappa shape index (κ2) is 2.13. The normalized spacial score (nSPS) is 27.2. The predicted molar refractivity (Wildman–Crippen MR) is 29.6 cm³/mol. The number of methoxy groups -OCH3 is 1. The maximum absolute atomic E-state index is 4.84. The van der Waals surface area contributed by atoms with Crippen LogP contribution in [0.25, 0.3) is 0 Å². The van der Waals surface area contributed by atoms with Gasteiger partial charge < -0.3 is 9.57 Å². The summed E-state index contributed by atoms with van der Waals surface area (Å²) in [6.45, 7) is 1.92. The zero-order chi connectivity index (χ0) is 5.98. The molecule has 1 rings (SSSR count). The van der Waals surface area contributed by atoms with E-state index in [2.05, 4.69) is 5.16 Å². The molecule has 3 nitrogen and oxygen atoms in total. The first kappa shape index (κ1) is 5.56. The van der Waals surface area contributed by atoms with Crippen molar-refractivity contribution < 1.29 is 9.57 Å². The van der Waals surface area contributed by atoms with Crippen molar-refractivity contribution in [3.05, 3.63) is 0 Å². The Morgan fingerprint density at radius 1 is 1.88 bits per heavy atom. The minimum absolute atomic E-state index is 0.130. The minimum Gasteiger partial charge on any atom is -0.363 e. The molecule has 0 saturated carbocycles. The molecule has 0 fully saturated rings. The first-order chi connectivity index (χ1) is 3.83. The van der Waals surface area contributed by atoms with Gasteiger partial charge in [-0.15, -0.1) is 0 Å². The molecule has 0 saturated heterocycles. The molecule has 0 aromatic heterocycles. The zero-order valence-electron chi connectivity index (χ0n) is 5.05. The molecule has 1 atom stereocenters. The molecule has 46 valence electrons. The molecular weight excluding hydrogens is 106 g/mol. The van der Waals surface area contributed by atoms with Gasteiger partial charge in [-0.25, -0.2) is 0 Å². The van der Waals surface area contributed by atoms with Gasteiger partial charge in [0.1, 0.15) is 0 Å². The van der Waals surface area contributed by atoms with Crippen LogP contribution in [-0.2, 0) is 9.57 Å². The Hall–Kier alpha value is -0.570. The van der Waals surface area contributed by atoms with Gasteiger partial charge in [0.2, 0.25) is 6.29 Å². The molecule has 0 aliphatic carbocycles. The number of oxime groups is 1. The van der Waals surface area contributed by atoms with Crippen LogP contribution in [0.15, 0.2) is 5.16 Å². The number of rotatable bonds is 1. The molecule has 0 bridgehead atoms. The molecule has 1 aliphatic rings. The summed E-state index contributed by atoms with van der Waals surface area (Å²) in [7, 11) is 1.61. The fourth-order valence-electron chi connectivity index (χ4n) is 0.591. The lowest BCUT2D eigenvalue weighted by Gasteiger charge is -2.01. The first-order valence-corrected chi connectivity index (χ1v) is 2.55. The van der Waals surface area contributed by atoms with Gasteiger partial charge in [-0.05, 0) is 6.92 Å². The van der Waals surface area contributed by atoms with Gasteiger partial charge in [-0.1, -0.05) is 5.16 Å². The summed E-state index contributed by atoms with van der Waals surface area (Å²) in [5, 5.41) is 3.68. The second-order valence-corrected chi connectivity index (χ2v) is 1.80. The SMILES string of the molecule is COC1CC(C)=NO1. The largest absolute Gasteiger partial charge is 0.363 e. The van der Waals surface area contributed by atoms with Crippen LogP contribution in [0.1, 0.15) is 13.3 Å². The standard InChI is InChI=1S/C5H9NO2/c1-4-3-5(7-2)8-6-4/h5H,3H2,1-2H3. The maximum Gasteiger partial charge on any atom is 0.231 e. The van der Waals surface area contributed by atoms with Crippen molar-refractivity contribution in [2.75, 3.05) is 7.11 Å². The van der Waals surface area contributed by atoms with Gasteiger partial charge in [-0.2, -0.15) is 0 Å². The third kappa shape index (κ3) is 0.980. The zero-order valence-corrected chi connectivity index (χ0v) is 5.05. The van der Waals surface area contributed by atoms with Crippen LogP contribution in [0.3, 0.4) is 0 Å². The van der Waals surface area contributed by atoms with E-state index in [1.54, 1.807) is 7.11 Å². The highest BCUT2D eigenvalue weighted by Gasteiger charge is 2.15. The number of nitrogens with zero attached hydrogens (tertiary/aromatic N) is 1. The first-order valence-electron chi connectivity index (χ1n) is 2.55. The summed E-state index contributed by atoms with van der Waals surface area (Å²) < 4.78 is 4.84. The topological polar surface area (TPSA) is 30.8 Å². The van der Waals surface area contributed by atoms with E-state index in [0.29, 0.717) is 0 Å². The molecule has 0 aromatic rings. The van der Waals surface area contributed by atoms with Crippen LogP contribution in [0.5, 0.6) is 0 Å². The highest BCUT2D eigenvalue weighted by molar-refractivity contribution is 5.82. The third-order valence-corrected chi connectivity index (χ3v) is 1.05. The molecule has 8 heavy (non-hydrogen) atoms. The van der Waals surface area contributed by atoms with E-state index >= 15 is 0 Å². The molecule has 0 amide bonds. The molecule has 1 heterocycles. The molecule has 3 heteroatoms. The van der Waals surface area contributed by atoms with Crippen LogP contribution in [0.2, 0.25) is 0 Å². The van der Waals surface area contributed by atoms with Crippen LogP contribution in [-0.4, -0.2) is 19.1 Å². The van der Waals surface area contributed by atoms with Gasteiger partial charge in [0.05, 0.1) is 12.1 Å². The number of hydrogen-bond donors (Lipinski definition) is 0. The maximum atomic E-state index is 4.84. The molecule has 1 unspecified atom stereocenters. The number of ether oxygens (including phenoxy) is 1. The van der Waals surface area contributed by atoms with E-state index in [0.717, 1.165) is 12.1 Å². The van der Waals surface area contributed by atoms with Crippen molar-refractivity contribution in [3.8, 4) is 0 Å². The number of hydrogen-bond acceptors (Lipinski definition) is 3. The van der Waals surface area contributed by atoms with Crippen molar-refractivity contribution in [1.82, 2.24) is 0 Å². The second-order valence-electron chi connectivity index (χ2n) is 1.80. The van der Waals surface area contributed by atoms with E-state index in [9.17, 15) is 0 Å². The Balaban J connectivity index is 2.32. The smallest absolute Gasteiger partial charge is 0.231 e. The Morgan fingerprint density at radius 2 is 2.62 bits per heavy atom. The molecular formula is C5H9NO2. The van der Waals surface area contributed by atoms with Gasteiger partial charge in [0, 0.05) is 7.11 Å². The van der Waals surface area contributed by atoms with E-state index in [1.807, 2.05) is 6.92 Å². The van der Waals surface area contributed by atoms with Crippen molar-refractivity contribution in [2.45, 2.75) is 19.6 Å². The van der Waals surface area contributed by atoms with Crippen LogP contribution < -0.4 is 0 Å². The minimum atomic E-state index is -0.130. The quantitative estimate of drug-likeness (QED) is 0.505. The summed E-state index contributed by atoms with van der Waals surface area (Å²) in [4.78, 5) is 4.78. The van der Waals surface area contributed by atoms with Crippen molar-refractivity contribution in [1.29, 1.82) is 0 Å². The van der Waals surface area contributed by atoms with Crippen molar-refractivity contribution in [3.63, 3.8) is 0 Å². The van der Waals surface area contributed by atoms with Gasteiger partial charge in [0.25, 0.3) is 0 Å².